The second kappa shape index (κ2) is 7.82. The van der Waals surface area contributed by atoms with Gasteiger partial charge in [-0.25, -0.2) is 4.79 Å². The normalized spacial score (nSPS) is 21.0. The fourth-order valence-corrected chi connectivity index (χ4v) is 4.23. The SMILES string of the molecule is O=CO[C@H]1CC[C@H](NC(=O)OCC2c3ccccc3-c3ccccc32)CC1. The molecule has 2 aliphatic rings. The summed E-state index contributed by atoms with van der Waals surface area (Å²) in [7, 11) is 0. The third-order valence-corrected chi connectivity index (χ3v) is 5.59. The average molecular weight is 365 g/mol. The van der Waals surface area contributed by atoms with Crippen molar-refractivity contribution in [3.63, 3.8) is 0 Å². The molecule has 0 aromatic heterocycles. The Hall–Kier alpha value is -2.82. The van der Waals surface area contributed by atoms with Crippen molar-refractivity contribution in [1.82, 2.24) is 5.32 Å². The number of carbonyl (C=O) groups is 2. The molecule has 2 aromatic carbocycles. The van der Waals surface area contributed by atoms with Gasteiger partial charge < -0.3 is 14.8 Å². The van der Waals surface area contributed by atoms with E-state index in [0.717, 1.165) is 25.7 Å². The molecule has 1 amide bonds. The number of benzene rings is 2. The van der Waals surface area contributed by atoms with Crippen molar-refractivity contribution in [3.8, 4) is 11.1 Å². The number of carbonyl (C=O) groups excluding carboxylic acids is 2. The molecule has 5 heteroatoms. The van der Waals surface area contributed by atoms with Gasteiger partial charge in [-0.2, -0.15) is 0 Å². The molecule has 5 nitrogen and oxygen atoms in total. The van der Waals surface area contributed by atoms with Crippen molar-refractivity contribution in [1.29, 1.82) is 0 Å². The van der Waals surface area contributed by atoms with Crippen LogP contribution >= 0.6 is 0 Å². The van der Waals surface area contributed by atoms with Crippen LogP contribution in [0.4, 0.5) is 4.79 Å². The molecule has 0 aliphatic heterocycles. The first kappa shape index (κ1) is 17.6. The van der Waals surface area contributed by atoms with Gasteiger partial charge in [0.1, 0.15) is 12.7 Å². The third kappa shape index (κ3) is 3.68. The zero-order valence-corrected chi connectivity index (χ0v) is 15.1. The zero-order chi connectivity index (χ0) is 18.6. The maximum Gasteiger partial charge on any atom is 0.407 e. The Morgan fingerprint density at radius 1 is 0.963 bits per heavy atom. The van der Waals surface area contributed by atoms with Crippen LogP contribution in [0.15, 0.2) is 48.5 Å². The van der Waals surface area contributed by atoms with Crippen molar-refractivity contribution in [2.24, 2.45) is 0 Å². The van der Waals surface area contributed by atoms with E-state index in [4.69, 9.17) is 9.47 Å². The quantitative estimate of drug-likeness (QED) is 0.813. The fraction of sp³-hybridized carbons (Fsp3) is 0.364. The lowest BCUT2D eigenvalue weighted by Crippen LogP contribution is -2.39. The van der Waals surface area contributed by atoms with Crippen molar-refractivity contribution in [3.05, 3.63) is 59.7 Å². The predicted octanol–water partition coefficient (Wildman–Crippen LogP) is 4.01. The minimum absolute atomic E-state index is 0.0249. The highest BCUT2D eigenvalue weighted by Crippen LogP contribution is 2.44. The molecule has 140 valence electrons. The Bertz CT molecular complexity index is 781. The molecule has 0 radical (unpaired) electrons. The number of fused-ring (bicyclic) bond motifs is 3. The van der Waals surface area contributed by atoms with E-state index in [1.807, 2.05) is 24.3 Å². The summed E-state index contributed by atoms with van der Waals surface area (Å²) in [6.07, 6.45) is 2.73. The van der Waals surface area contributed by atoms with E-state index in [2.05, 4.69) is 29.6 Å². The van der Waals surface area contributed by atoms with Crippen molar-refractivity contribution < 1.29 is 19.1 Å². The minimum atomic E-state index is -0.378. The van der Waals surface area contributed by atoms with Crippen molar-refractivity contribution in [2.45, 2.75) is 43.7 Å². The van der Waals surface area contributed by atoms with Gasteiger partial charge in [-0.15, -0.1) is 0 Å². The summed E-state index contributed by atoms with van der Waals surface area (Å²) < 4.78 is 10.6. The molecule has 1 N–H and O–H groups in total. The molecular weight excluding hydrogens is 342 g/mol. The number of alkyl carbamates (subject to hydrolysis) is 1. The number of hydrogen-bond donors (Lipinski definition) is 1. The van der Waals surface area contributed by atoms with Gasteiger partial charge in [0, 0.05) is 12.0 Å². The second-order valence-electron chi connectivity index (χ2n) is 7.18. The van der Waals surface area contributed by atoms with Crippen LogP contribution in [0.5, 0.6) is 0 Å². The number of rotatable bonds is 5. The lowest BCUT2D eigenvalue weighted by atomic mass is 9.93. The predicted molar refractivity (Wildman–Crippen MR) is 101 cm³/mol. The van der Waals surface area contributed by atoms with Gasteiger partial charge in [-0.05, 0) is 47.9 Å². The van der Waals surface area contributed by atoms with Gasteiger partial charge in [0.05, 0.1) is 0 Å². The molecule has 2 aliphatic carbocycles. The van der Waals surface area contributed by atoms with E-state index in [1.54, 1.807) is 0 Å². The standard InChI is InChI=1S/C22H23NO4/c24-14-27-16-11-9-15(10-12-16)23-22(25)26-13-21-19-7-3-1-5-17(19)18-6-2-4-8-20(18)21/h1-8,14-16,21H,9-13H2,(H,23,25)/t15-,16-. The fourth-order valence-electron chi connectivity index (χ4n) is 4.23. The van der Waals surface area contributed by atoms with Gasteiger partial charge in [-0.1, -0.05) is 48.5 Å². The Labute approximate surface area is 158 Å². The van der Waals surface area contributed by atoms with Gasteiger partial charge in [0.2, 0.25) is 0 Å². The van der Waals surface area contributed by atoms with Gasteiger partial charge in [-0.3, -0.25) is 4.79 Å². The van der Waals surface area contributed by atoms with Crippen molar-refractivity contribution in [2.75, 3.05) is 6.61 Å². The maximum absolute atomic E-state index is 12.3. The molecular formula is C22H23NO4. The molecule has 0 heterocycles. The molecule has 27 heavy (non-hydrogen) atoms. The summed E-state index contributed by atoms with van der Waals surface area (Å²) in [4.78, 5) is 22.7. The third-order valence-electron chi connectivity index (χ3n) is 5.59. The van der Waals surface area contributed by atoms with Crippen LogP contribution < -0.4 is 5.32 Å². The lowest BCUT2D eigenvalue weighted by molar-refractivity contribution is -0.135. The summed E-state index contributed by atoms with van der Waals surface area (Å²) in [5.74, 6) is 0.0693. The van der Waals surface area contributed by atoms with Crippen LogP contribution in [0, 0.1) is 0 Å². The molecule has 0 unspecified atom stereocenters. The average Bonchev–Trinajstić information content (AvgIpc) is 3.02. The minimum Gasteiger partial charge on any atom is -0.465 e. The molecule has 0 spiro atoms. The Morgan fingerprint density at radius 3 is 2.15 bits per heavy atom. The van der Waals surface area contributed by atoms with E-state index in [9.17, 15) is 9.59 Å². The van der Waals surface area contributed by atoms with Crippen LogP contribution in [-0.4, -0.2) is 31.3 Å². The molecule has 1 fully saturated rings. The second-order valence-corrected chi connectivity index (χ2v) is 7.18. The van der Waals surface area contributed by atoms with Gasteiger partial charge in [0.25, 0.3) is 6.47 Å². The smallest absolute Gasteiger partial charge is 0.407 e. The van der Waals surface area contributed by atoms with Crippen LogP contribution in [-0.2, 0) is 14.3 Å². The van der Waals surface area contributed by atoms with E-state index >= 15 is 0 Å². The zero-order valence-electron chi connectivity index (χ0n) is 15.1. The number of hydrogen-bond acceptors (Lipinski definition) is 4. The molecule has 0 saturated heterocycles. The molecule has 1 saturated carbocycles. The van der Waals surface area contributed by atoms with Crippen molar-refractivity contribution >= 4 is 12.6 Å². The van der Waals surface area contributed by atoms with Crippen LogP contribution in [0.2, 0.25) is 0 Å². The number of nitrogens with one attached hydrogen (secondary N) is 1. The Morgan fingerprint density at radius 2 is 1.56 bits per heavy atom. The molecule has 4 rings (SSSR count). The summed E-state index contributed by atoms with van der Waals surface area (Å²) in [6, 6.07) is 16.7. The van der Waals surface area contributed by atoms with Gasteiger partial charge >= 0.3 is 6.09 Å². The van der Waals surface area contributed by atoms with Crippen LogP contribution in [0.1, 0.15) is 42.7 Å². The largest absolute Gasteiger partial charge is 0.465 e. The lowest BCUT2D eigenvalue weighted by Gasteiger charge is -2.27. The molecule has 0 bridgehead atoms. The summed E-state index contributed by atoms with van der Waals surface area (Å²) in [5, 5.41) is 2.95. The first-order valence-corrected chi connectivity index (χ1v) is 9.47. The topological polar surface area (TPSA) is 64.6 Å². The van der Waals surface area contributed by atoms with E-state index in [1.165, 1.54) is 22.3 Å². The number of ether oxygens (including phenoxy) is 2. The van der Waals surface area contributed by atoms with Gasteiger partial charge in [0.15, 0.2) is 0 Å². The van der Waals surface area contributed by atoms with E-state index in [0.29, 0.717) is 13.1 Å². The first-order valence-electron chi connectivity index (χ1n) is 9.47. The highest BCUT2D eigenvalue weighted by molar-refractivity contribution is 5.79. The Balaban J connectivity index is 1.35. The van der Waals surface area contributed by atoms with Crippen LogP contribution in [0.3, 0.4) is 0 Å². The molecule has 2 aromatic rings. The van der Waals surface area contributed by atoms with Crippen LogP contribution in [0.25, 0.3) is 11.1 Å². The van der Waals surface area contributed by atoms with E-state index < -0.39 is 0 Å². The Kier molecular flexibility index (Phi) is 5.10. The maximum atomic E-state index is 12.3. The summed E-state index contributed by atoms with van der Waals surface area (Å²) in [6.45, 7) is 0.827. The first-order chi connectivity index (χ1) is 13.3. The van der Waals surface area contributed by atoms with E-state index in [-0.39, 0.29) is 24.2 Å². The summed E-state index contributed by atoms with van der Waals surface area (Å²) >= 11 is 0. The highest BCUT2D eigenvalue weighted by atomic mass is 16.5. The number of amides is 1. The summed E-state index contributed by atoms with van der Waals surface area (Å²) in [5.41, 5.74) is 4.85. The highest BCUT2D eigenvalue weighted by Gasteiger charge is 2.29. The monoisotopic (exact) mass is 365 g/mol. The molecule has 0 atom stereocenters.